The fourth-order valence-corrected chi connectivity index (χ4v) is 1.58. The van der Waals surface area contributed by atoms with Gasteiger partial charge in [0.1, 0.15) is 0 Å². The van der Waals surface area contributed by atoms with E-state index in [0.29, 0.717) is 0 Å². The van der Waals surface area contributed by atoms with Crippen LogP contribution in [0.2, 0.25) is 0 Å². The molecule has 1 fully saturated rings. The van der Waals surface area contributed by atoms with E-state index in [4.69, 9.17) is 14.6 Å². The van der Waals surface area contributed by atoms with Crippen molar-refractivity contribution in [2.75, 3.05) is 6.61 Å². The summed E-state index contributed by atoms with van der Waals surface area (Å²) >= 11 is 0. The minimum atomic E-state index is -0.535. The Bertz CT molecular complexity index is 131. The summed E-state index contributed by atoms with van der Waals surface area (Å²) in [6, 6.07) is 0. The second-order valence-electron chi connectivity index (χ2n) is 3.71. The van der Waals surface area contributed by atoms with Crippen molar-refractivity contribution in [3.63, 3.8) is 0 Å². The number of ether oxygens (including phenoxy) is 2. The highest BCUT2D eigenvalue weighted by atomic mass is 16.7. The molecule has 0 saturated carbocycles. The standard InChI is InChI=1S/C9H18O3/c1-4-7-5-8(6-10)12-9(2,3)11-7/h7-8,10H,4-6H2,1-3H3/t7-,8-/m0/s1. The first-order valence-corrected chi connectivity index (χ1v) is 4.54. The molecule has 1 heterocycles. The van der Waals surface area contributed by atoms with Crippen LogP contribution in [0.4, 0.5) is 0 Å². The molecule has 1 aliphatic rings. The molecular weight excluding hydrogens is 156 g/mol. The van der Waals surface area contributed by atoms with Gasteiger partial charge in [-0.25, -0.2) is 0 Å². The molecule has 0 aliphatic carbocycles. The highest BCUT2D eigenvalue weighted by molar-refractivity contribution is 4.74. The van der Waals surface area contributed by atoms with Crippen LogP contribution in [-0.4, -0.2) is 29.7 Å². The van der Waals surface area contributed by atoms with Crippen molar-refractivity contribution >= 4 is 0 Å². The lowest BCUT2D eigenvalue weighted by Gasteiger charge is -2.39. The number of hydrogen-bond acceptors (Lipinski definition) is 3. The van der Waals surface area contributed by atoms with Gasteiger partial charge in [-0.3, -0.25) is 0 Å². The lowest BCUT2D eigenvalue weighted by molar-refractivity contribution is -0.303. The van der Waals surface area contributed by atoms with Gasteiger partial charge in [-0.1, -0.05) is 6.92 Å². The van der Waals surface area contributed by atoms with Crippen LogP contribution in [0.15, 0.2) is 0 Å². The van der Waals surface area contributed by atoms with Crippen LogP contribution in [0.1, 0.15) is 33.6 Å². The highest BCUT2D eigenvalue weighted by Gasteiger charge is 2.33. The summed E-state index contributed by atoms with van der Waals surface area (Å²) in [6.07, 6.45) is 1.95. The quantitative estimate of drug-likeness (QED) is 0.685. The Balaban J connectivity index is 2.53. The largest absolute Gasteiger partial charge is 0.394 e. The molecule has 2 atom stereocenters. The summed E-state index contributed by atoms with van der Waals surface area (Å²) in [5.41, 5.74) is 0. The molecule has 1 rings (SSSR count). The van der Waals surface area contributed by atoms with Crippen molar-refractivity contribution in [1.82, 2.24) is 0 Å². The van der Waals surface area contributed by atoms with Gasteiger partial charge in [0.25, 0.3) is 0 Å². The molecule has 0 bridgehead atoms. The molecule has 12 heavy (non-hydrogen) atoms. The van der Waals surface area contributed by atoms with Gasteiger partial charge in [0.2, 0.25) is 0 Å². The maximum atomic E-state index is 8.96. The third-order valence-corrected chi connectivity index (χ3v) is 2.09. The Labute approximate surface area is 73.7 Å². The maximum absolute atomic E-state index is 8.96. The molecule has 0 amide bonds. The fourth-order valence-electron chi connectivity index (χ4n) is 1.58. The van der Waals surface area contributed by atoms with Crippen molar-refractivity contribution < 1.29 is 14.6 Å². The minimum absolute atomic E-state index is 0.0568. The smallest absolute Gasteiger partial charge is 0.163 e. The van der Waals surface area contributed by atoms with Gasteiger partial charge in [-0.05, 0) is 20.3 Å². The molecule has 0 aromatic rings. The highest BCUT2D eigenvalue weighted by Crippen LogP contribution is 2.27. The maximum Gasteiger partial charge on any atom is 0.163 e. The third kappa shape index (κ3) is 2.44. The molecule has 1 saturated heterocycles. The van der Waals surface area contributed by atoms with Gasteiger partial charge < -0.3 is 14.6 Å². The SMILES string of the molecule is CC[C@H]1C[C@@H](CO)OC(C)(C)O1. The zero-order chi connectivity index (χ0) is 9.19. The summed E-state index contributed by atoms with van der Waals surface area (Å²) in [4.78, 5) is 0. The average molecular weight is 174 g/mol. The molecule has 0 radical (unpaired) electrons. The molecule has 0 unspecified atom stereocenters. The van der Waals surface area contributed by atoms with E-state index in [-0.39, 0.29) is 18.8 Å². The topological polar surface area (TPSA) is 38.7 Å². The zero-order valence-electron chi connectivity index (χ0n) is 8.04. The first-order valence-electron chi connectivity index (χ1n) is 4.54. The van der Waals surface area contributed by atoms with E-state index >= 15 is 0 Å². The lowest BCUT2D eigenvalue weighted by Crippen LogP contribution is -2.45. The lowest BCUT2D eigenvalue weighted by atomic mass is 10.1. The molecule has 0 spiro atoms. The molecule has 0 aromatic carbocycles. The van der Waals surface area contributed by atoms with Crippen LogP contribution in [0, 0.1) is 0 Å². The van der Waals surface area contributed by atoms with Crippen LogP contribution >= 0.6 is 0 Å². The molecule has 0 aromatic heterocycles. The molecule has 72 valence electrons. The van der Waals surface area contributed by atoms with Crippen LogP contribution in [0.25, 0.3) is 0 Å². The van der Waals surface area contributed by atoms with E-state index in [1.54, 1.807) is 0 Å². The molecule has 3 nitrogen and oxygen atoms in total. The molecule has 3 heteroatoms. The summed E-state index contributed by atoms with van der Waals surface area (Å²) in [5.74, 6) is -0.535. The number of rotatable bonds is 2. The van der Waals surface area contributed by atoms with Crippen LogP contribution < -0.4 is 0 Å². The van der Waals surface area contributed by atoms with Gasteiger partial charge in [-0.2, -0.15) is 0 Å². The zero-order valence-corrected chi connectivity index (χ0v) is 8.04. The van der Waals surface area contributed by atoms with E-state index < -0.39 is 5.79 Å². The Morgan fingerprint density at radius 3 is 2.42 bits per heavy atom. The normalized spacial score (nSPS) is 35.0. The Morgan fingerprint density at radius 1 is 1.33 bits per heavy atom. The Morgan fingerprint density at radius 2 is 1.92 bits per heavy atom. The minimum Gasteiger partial charge on any atom is -0.394 e. The third-order valence-electron chi connectivity index (χ3n) is 2.09. The molecule has 1 aliphatic heterocycles. The summed E-state index contributed by atoms with van der Waals surface area (Å²) in [7, 11) is 0. The van der Waals surface area contributed by atoms with Gasteiger partial charge in [-0.15, -0.1) is 0 Å². The van der Waals surface area contributed by atoms with E-state index in [9.17, 15) is 0 Å². The van der Waals surface area contributed by atoms with Crippen molar-refractivity contribution in [3.8, 4) is 0 Å². The Hall–Kier alpha value is -0.120. The van der Waals surface area contributed by atoms with Crippen LogP contribution in [0.5, 0.6) is 0 Å². The second kappa shape index (κ2) is 3.73. The summed E-state index contributed by atoms with van der Waals surface area (Å²) in [6.45, 7) is 5.94. The van der Waals surface area contributed by atoms with Crippen LogP contribution in [-0.2, 0) is 9.47 Å². The van der Waals surface area contributed by atoms with Crippen molar-refractivity contribution in [2.45, 2.75) is 51.6 Å². The van der Waals surface area contributed by atoms with Gasteiger partial charge in [0.05, 0.1) is 18.8 Å². The van der Waals surface area contributed by atoms with Gasteiger partial charge in [0, 0.05) is 6.42 Å². The van der Waals surface area contributed by atoms with E-state index in [2.05, 4.69) is 6.92 Å². The fraction of sp³-hybridized carbons (Fsp3) is 1.00. The molecular formula is C9H18O3. The average Bonchev–Trinajstić information content (AvgIpc) is 2.01. The summed E-state index contributed by atoms with van der Waals surface area (Å²) in [5, 5.41) is 8.96. The van der Waals surface area contributed by atoms with Gasteiger partial charge in [0.15, 0.2) is 5.79 Å². The number of aliphatic hydroxyl groups excluding tert-OH is 1. The van der Waals surface area contributed by atoms with Crippen molar-refractivity contribution in [3.05, 3.63) is 0 Å². The summed E-state index contributed by atoms with van der Waals surface area (Å²) < 4.78 is 11.1. The van der Waals surface area contributed by atoms with Crippen molar-refractivity contribution in [2.24, 2.45) is 0 Å². The molecule has 1 N–H and O–H groups in total. The first kappa shape index (κ1) is 9.96. The second-order valence-corrected chi connectivity index (χ2v) is 3.71. The first-order chi connectivity index (χ1) is 5.57. The predicted molar refractivity (Wildman–Crippen MR) is 45.8 cm³/mol. The monoisotopic (exact) mass is 174 g/mol. The van der Waals surface area contributed by atoms with Gasteiger partial charge >= 0.3 is 0 Å². The van der Waals surface area contributed by atoms with Crippen LogP contribution in [0.3, 0.4) is 0 Å². The predicted octanol–water partition coefficient (Wildman–Crippen LogP) is 1.30. The van der Waals surface area contributed by atoms with E-state index in [0.717, 1.165) is 12.8 Å². The van der Waals surface area contributed by atoms with E-state index in [1.807, 2.05) is 13.8 Å². The Kier molecular flexibility index (Phi) is 3.09. The number of hydrogen-bond donors (Lipinski definition) is 1. The van der Waals surface area contributed by atoms with E-state index in [1.165, 1.54) is 0 Å². The van der Waals surface area contributed by atoms with Crippen molar-refractivity contribution in [1.29, 1.82) is 0 Å². The number of aliphatic hydroxyl groups is 1.